The standard InChI is InChI=1S/C74H65BN2O/c1-72(2,3)52-17-21-63(57(32-52)48-11-5-4-6-12-48)76-65-30-51-15-9-10-16-55(51)67-61-35-54(74-39-45-26-46(40-74)28-47(27-45)41-74)34-60-58-33-53(73-36-42-23-43(37-73)25-44(24-42)38-73)18-22-64(58)77(69(60)61)75(68(65)67)62-20-19-56-59-29-49-13-7-8-14-50(49)31-66(59)78-71(56)70(62)76/h4-22,29-35,42-47H,23-28,36-41H2,1-3H3. The smallest absolute Gasteiger partial charge is 0.333 e. The van der Waals surface area contributed by atoms with E-state index in [1.807, 2.05) is 0 Å². The Labute approximate surface area is 457 Å². The third-order valence-corrected chi connectivity index (χ3v) is 22.5. The van der Waals surface area contributed by atoms with Gasteiger partial charge < -0.3 is 13.8 Å². The molecule has 9 aromatic carbocycles. The Hall–Kier alpha value is -7.04. The van der Waals surface area contributed by atoms with Crippen LogP contribution in [0.2, 0.25) is 0 Å². The van der Waals surface area contributed by atoms with Crippen molar-refractivity contribution in [2.75, 3.05) is 4.90 Å². The number of fused-ring (bicyclic) bond motifs is 14. The third-order valence-electron chi connectivity index (χ3n) is 22.5. The third kappa shape index (κ3) is 5.82. The predicted molar refractivity (Wildman–Crippen MR) is 326 cm³/mol. The van der Waals surface area contributed by atoms with Crippen molar-refractivity contribution in [3.05, 3.63) is 174 Å². The number of anilines is 3. The summed E-state index contributed by atoms with van der Waals surface area (Å²) < 4.78 is 10.4. The summed E-state index contributed by atoms with van der Waals surface area (Å²) in [6.07, 6.45) is 17.0. The van der Waals surface area contributed by atoms with Crippen molar-refractivity contribution in [1.82, 2.24) is 4.48 Å². The van der Waals surface area contributed by atoms with Crippen LogP contribution in [0.25, 0.3) is 87.5 Å². The van der Waals surface area contributed by atoms with E-state index >= 15 is 0 Å². The lowest BCUT2D eigenvalue weighted by Crippen LogP contribution is -2.56. The first-order valence-corrected chi connectivity index (χ1v) is 30.2. The summed E-state index contributed by atoms with van der Waals surface area (Å²) in [7, 11) is 0. The topological polar surface area (TPSA) is 21.3 Å². The van der Waals surface area contributed by atoms with Gasteiger partial charge in [0.05, 0.1) is 11.4 Å². The van der Waals surface area contributed by atoms with Gasteiger partial charge in [-0.2, -0.15) is 0 Å². The van der Waals surface area contributed by atoms with Gasteiger partial charge in [-0.05, 0) is 244 Å². The van der Waals surface area contributed by atoms with Crippen LogP contribution in [0.1, 0.15) is 115 Å². The van der Waals surface area contributed by atoms with Crippen LogP contribution in [-0.2, 0) is 16.2 Å². The van der Waals surface area contributed by atoms with E-state index in [0.29, 0.717) is 5.41 Å². The number of rotatable bonds is 4. The van der Waals surface area contributed by atoms with Crippen LogP contribution in [0.15, 0.2) is 162 Å². The number of hydrogen-bond donors (Lipinski definition) is 0. The van der Waals surface area contributed by atoms with E-state index in [0.717, 1.165) is 57.7 Å². The summed E-state index contributed by atoms with van der Waals surface area (Å²) in [5.74, 6) is 5.28. The highest BCUT2D eigenvalue weighted by molar-refractivity contribution is 6.90. The fraction of sp³-hybridized carbons (Fsp3) is 0.324. The first kappa shape index (κ1) is 43.9. The quantitative estimate of drug-likeness (QED) is 0.164. The molecule has 8 bridgehead atoms. The van der Waals surface area contributed by atoms with Gasteiger partial charge in [-0.15, -0.1) is 0 Å². The summed E-state index contributed by atoms with van der Waals surface area (Å²) in [5.41, 5.74) is 21.4. The Morgan fingerprint density at radius 1 is 0.487 bits per heavy atom. The molecule has 0 unspecified atom stereocenters. The summed E-state index contributed by atoms with van der Waals surface area (Å²) >= 11 is 0. The van der Waals surface area contributed by atoms with Crippen LogP contribution in [0.5, 0.6) is 0 Å². The molecule has 380 valence electrons. The zero-order valence-electron chi connectivity index (χ0n) is 45.3. The molecule has 0 saturated heterocycles. The second kappa shape index (κ2) is 15.0. The molecule has 8 saturated carbocycles. The fourth-order valence-corrected chi connectivity index (χ4v) is 20.1. The molecule has 0 atom stereocenters. The number of benzene rings is 9. The molecule has 0 amide bonds. The van der Waals surface area contributed by atoms with Gasteiger partial charge in [-0.1, -0.05) is 124 Å². The van der Waals surface area contributed by atoms with E-state index in [2.05, 4.69) is 188 Å². The normalized spacial score (nSPS) is 27.1. The molecule has 2 aliphatic heterocycles. The minimum absolute atomic E-state index is 0.0440. The summed E-state index contributed by atoms with van der Waals surface area (Å²) in [6, 6.07) is 62.5. The molecule has 0 radical (unpaired) electrons. The number of nitrogens with zero attached hydrogens (tertiary/aromatic N) is 2. The maximum Gasteiger partial charge on any atom is 0.333 e. The molecule has 0 spiro atoms. The molecule has 4 heteroatoms. The van der Waals surface area contributed by atoms with Crippen LogP contribution >= 0.6 is 0 Å². The SMILES string of the molecule is CC(C)(C)c1ccc(N2c3cc4ccccc4c4c3B(c3ccc5c(oc6cc7ccccc7cc65)c32)n2c3ccc(C56CC7CC(CC(C7)C5)C6)cc3c3cc(C56CC7CC(CC(C7)C5)C6)cc-4c32)c(-c2ccccc2)c1. The van der Waals surface area contributed by atoms with Crippen molar-refractivity contribution < 1.29 is 4.42 Å². The first-order chi connectivity index (χ1) is 38.1. The van der Waals surface area contributed by atoms with E-state index in [1.165, 1.54) is 176 Å². The molecule has 8 aliphatic carbocycles. The lowest BCUT2D eigenvalue weighted by Gasteiger charge is -2.57. The van der Waals surface area contributed by atoms with Gasteiger partial charge in [0.15, 0.2) is 5.58 Å². The van der Waals surface area contributed by atoms with Crippen molar-refractivity contribution in [3.63, 3.8) is 0 Å². The monoisotopic (exact) mass is 1010 g/mol. The summed E-state index contributed by atoms with van der Waals surface area (Å²) in [5, 5.41) is 10.4. The predicted octanol–water partition coefficient (Wildman–Crippen LogP) is 18.3. The van der Waals surface area contributed by atoms with Crippen molar-refractivity contribution in [3.8, 4) is 22.3 Å². The molecular formula is C74H65BN2O. The number of hydrogen-bond acceptors (Lipinski definition) is 2. The molecular weight excluding hydrogens is 944 g/mol. The van der Waals surface area contributed by atoms with Gasteiger partial charge in [0.1, 0.15) is 5.58 Å². The molecule has 21 rings (SSSR count). The Balaban J connectivity index is 0.960. The van der Waals surface area contributed by atoms with Crippen molar-refractivity contribution >= 4 is 100 Å². The highest BCUT2D eigenvalue weighted by atomic mass is 16.3. The second-order valence-electron chi connectivity index (χ2n) is 28.1. The van der Waals surface area contributed by atoms with E-state index in [9.17, 15) is 0 Å². The molecule has 10 aliphatic rings. The first-order valence-electron chi connectivity index (χ1n) is 30.2. The zero-order valence-corrected chi connectivity index (χ0v) is 45.3. The average Bonchev–Trinajstić information content (AvgIpc) is 3.05. The van der Waals surface area contributed by atoms with Gasteiger partial charge in [0.25, 0.3) is 0 Å². The minimum Gasteiger partial charge on any atom is -0.454 e. The molecule has 78 heavy (non-hydrogen) atoms. The molecule has 11 aromatic rings. The average molecular weight is 1010 g/mol. The molecule has 2 aromatic heterocycles. The van der Waals surface area contributed by atoms with Gasteiger partial charge in [-0.3, -0.25) is 0 Å². The van der Waals surface area contributed by atoms with Crippen molar-refractivity contribution in [2.45, 2.75) is 114 Å². The van der Waals surface area contributed by atoms with E-state index in [4.69, 9.17) is 4.42 Å². The zero-order chi connectivity index (χ0) is 51.1. The maximum absolute atomic E-state index is 7.50. The molecule has 8 fully saturated rings. The van der Waals surface area contributed by atoms with Gasteiger partial charge >= 0.3 is 6.85 Å². The van der Waals surface area contributed by atoms with Crippen LogP contribution in [0.4, 0.5) is 17.1 Å². The van der Waals surface area contributed by atoms with E-state index in [-0.39, 0.29) is 17.7 Å². The van der Waals surface area contributed by atoms with Crippen LogP contribution in [-0.4, -0.2) is 11.3 Å². The largest absolute Gasteiger partial charge is 0.454 e. The Morgan fingerprint density at radius 2 is 1.12 bits per heavy atom. The second-order valence-corrected chi connectivity index (χ2v) is 28.1. The van der Waals surface area contributed by atoms with Gasteiger partial charge in [-0.25, -0.2) is 0 Å². The molecule has 0 N–H and O–H groups in total. The Morgan fingerprint density at radius 3 is 1.81 bits per heavy atom. The van der Waals surface area contributed by atoms with Crippen molar-refractivity contribution in [1.29, 1.82) is 0 Å². The van der Waals surface area contributed by atoms with Gasteiger partial charge in [0, 0.05) is 49.4 Å². The van der Waals surface area contributed by atoms with Gasteiger partial charge in [0.2, 0.25) is 0 Å². The van der Waals surface area contributed by atoms with Crippen molar-refractivity contribution in [2.24, 2.45) is 35.5 Å². The Bertz CT molecular complexity index is 4400. The van der Waals surface area contributed by atoms with Crippen LogP contribution < -0.4 is 15.8 Å². The van der Waals surface area contributed by atoms with E-state index < -0.39 is 0 Å². The van der Waals surface area contributed by atoms with E-state index in [1.54, 1.807) is 11.1 Å². The molecule has 4 heterocycles. The lowest BCUT2D eigenvalue weighted by molar-refractivity contribution is -0.00527. The highest BCUT2D eigenvalue weighted by Gasteiger charge is 2.54. The maximum atomic E-state index is 7.50. The summed E-state index contributed by atoms with van der Waals surface area (Å²) in [4.78, 5) is 2.68. The number of furan rings is 1. The Kier molecular flexibility index (Phi) is 8.44. The molecule has 3 nitrogen and oxygen atoms in total. The lowest BCUT2D eigenvalue weighted by atomic mass is 9.44. The minimum atomic E-state index is -0.0973. The summed E-state index contributed by atoms with van der Waals surface area (Å²) in [6.45, 7) is 6.95. The number of aromatic nitrogens is 1. The fourth-order valence-electron chi connectivity index (χ4n) is 20.1. The highest BCUT2D eigenvalue weighted by Crippen LogP contribution is 2.64. The van der Waals surface area contributed by atoms with Crippen LogP contribution in [0.3, 0.4) is 0 Å². The van der Waals surface area contributed by atoms with Crippen LogP contribution in [0, 0.1) is 35.5 Å².